The molecule has 0 fully saturated rings. The van der Waals surface area contributed by atoms with Gasteiger partial charge in [0.15, 0.2) is 0 Å². The van der Waals surface area contributed by atoms with Gasteiger partial charge in [0.2, 0.25) is 0 Å². The highest BCUT2D eigenvalue weighted by Crippen LogP contribution is 2.16. The highest BCUT2D eigenvalue weighted by molar-refractivity contribution is 7.14. The van der Waals surface area contributed by atoms with Gasteiger partial charge in [-0.3, -0.25) is 0 Å². The molecule has 110 valence electrons. The number of carbonyl (C=O) groups is 1. The number of thiazole rings is 1. The number of carboxylic acid groups (broad SMARTS) is 1. The lowest BCUT2D eigenvalue weighted by Gasteiger charge is -2.04. The lowest BCUT2D eigenvalue weighted by molar-refractivity contribution is 0.0702. The average molecular weight is 311 g/mol. The minimum Gasteiger partial charge on any atom is -0.477 e. The van der Waals surface area contributed by atoms with Gasteiger partial charge in [0.1, 0.15) is 15.7 Å². The average Bonchev–Trinajstić information content (AvgIpc) is 3.15. The van der Waals surface area contributed by atoms with Gasteiger partial charge in [0, 0.05) is 18.9 Å². The molecule has 2 aromatic heterocycles. The molecular weight excluding hydrogens is 298 g/mol. The predicted octanol–water partition coefficient (Wildman–Crippen LogP) is 3.26. The van der Waals surface area contributed by atoms with E-state index >= 15 is 0 Å². The van der Waals surface area contributed by atoms with Crippen LogP contribution in [-0.4, -0.2) is 25.6 Å². The molecule has 1 aromatic carbocycles. The van der Waals surface area contributed by atoms with E-state index in [1.807, 2.05) is 35.0 Å². The summed E-state index contributed by atoms with van der Waals surface area (Å²) in [6, 6.07) is 10.1. The summed E-state index contributed by atoms with van der Waals surface area (Å²) in [6.07, 6.45) is 8.64. The van der Waals surface area contributed by atoms with E-state index in [0.717, 1.165) is 23.7 Å². The number of carboxylic acids is 1. The van der Waals surface area contributed by atoms with E-state index in [4.69, 9.17) is 5.11 Å². The lowest BCUT2D eigenvalue weighted by atomic mass is 10.2. The Morgan fingerprint density at radius 3 is 2.77 bits per heavy atom. The van der Waals surface area contributed by atoms with Crippen LogP contribution in [0.5, 0.6) is 0 Å². The van der Waals surface area contributed by atoms with E-state index < -0.39 is 5.97 Å². The molecule has 0 unspecified atom stereocenters. The summed E-state index contributed by atoms with van der Waals surface area (Å²) in [5.41, 5.74) is 1.19. The normalized spacial score (nSPS) is 11.1. The third-order valence-electron chi connectivity index (χ3n) is 3.05. The monoisotopic (exact) mass is 311 g/mol. The molecule has 0 saturated heterocycles. The Hall–Kier alpha value is -2.73. The van der Waals surface area contributed by atoms with Crippen molar-refractivity contribution in [1.29, 1.82) is 0 Å². The summed E-state index contributed by atoms with van der Waals surface area (Å²) >= 11 is 1.14. The zero-order valence-electron chi connectivity index (χ0n) is 11.6. The smallest absolute Gasteiger partial charge is 0.347 e. The van der Waals surface area contributed by atoms with Crippen molar-refractivity contribution in [1.82, 2.24) is 14.5 Å². The third-order valence-corrected chi connectivity index (χ3v) is 4.00. The van der Waals surface area contributed by atoms with E-state index in [9.17, 15) is 4.79 Å². The summed E-state index contributed by atoms with van der Waals surface area (Å²) in [7, 11) is 0. The van der Waals surface area contributed by atoms with E-state index in [1.165, 1.54) is 11.8 Å². The van der Waals surface area contributed by atoms with E-state index in [2.05, 4.69) is 22.1 Å². The Labute approximate surface area is 131 Å². The summed E-state index contributed by atoms with van der Waals surface area (Å²) in [5.74, 6) is -0.154. The molecule has 0 aliphatic carbocycles. The van der Waals surface area contributed by atoms with Crippen molar-refractivity contribution in [3.63, 3.8) is 0 Å². The summed E-state index contributed by atoms with van der Waals surface area (Å²) in [4.78, 5) is 19.4. The number of rotatable bonds is 5. The molecule has 3 rings (SSSR count). The van der Waals surface area contributed by atoms with Crippen molar-refractivity contribution >= 4 is 29.5 Å². The first-order valence-electron chi connectivity index (χ1n) is 6.64. The maximum absolute atomic E-state index is 10.8. The molecule has 3 aromatic rings. The number of aromatic carboxylic acids is 1. The van der Waals surface area contributed by atoms with Crippen molar-refractivity contribution in [2.45, 2.75) is 6.54 Å². The topological polar surface area (TPSA) is 68.0 Å². The SMILES string of the molecule is O=C(O)c1cnc(C=Cc2nccn2Cc2ccccc2)s1. The fraction of sp³-hybridized carbons (Fsp3) is 0.0625. The molecule has 22 heavy (non-hydrogen) atoms. The van der Waals surface area contributed by atoms with Crippen molar-refractivity contribution in [2.75, 3.05) is 0 Å². The predicted molar refractivity (Wildman–Crippen MR) is 85.8 cm³/mol. The van der Waals surface area contributed by atoms with Crippen molar-refractivity contribution < 1.29 is 9.90 Å². The van der Waals surface area contributed by atoms with Gasteiger partial charge in [0.25, 0.3) is 0 Å². The van der Waals surface area contributed by atoms with Crippen LogP contribution in [-0.2, 0) is 6.54 Å². The largest absolute Gasteiger partial charge is 0.477 e. The Morgan fingerprint density at radius 2 is 2.05 bits per heavy atom. The van der Waals surface area contributed by atoms with Crippen LogP contribution < -0.4 is 0 Å². The second-order valence-corrected chi connectivity index (χ2v) is 5.66. The van der Waals surface area contributed by atoms with Crippen molar-refractivity contribution in [3.05, 3.63) is 70.2 Å². The highest BCUT2D eigenvalue weighted by Gasteiger charge is 2.07. The minimum absolute atomic E-state index is 0.229. The molecular formula is C16H13N3O2S. The maximum atomic E-state index is 10.8. The van der Waals surface area contributed by atoms with Crippen LogP contribution in [0.25, 0.3) is 12.2 Å². The van der Waals surface area contributed by atoms with Crippen LogP contribution in [0.4, 0.5) is 0 Å². The zero-order valence-corrected chi connectivity index (χ0v) is 12.4. The van der Waals surface area contributed by atoms with Crippen molar-refractivity contribution in [2.24, 2.45) is 0 Å². The molecule has 0 amide bonds. The summed E-state index contributed by atoms with van der Waals surface area (Å²) in [5, 5.41) is 9.53. The Morgan fingerprint density at radius 1 is 1.23 bits per heavy atom. The van der Waals surface area contributed by atoms with Gasteiger partial charge in [-0.25, -0.2) is 14.8 Å². The minimum atomic E-state index is -0.956. The van der Waals surface area contributed by atoms with Crippen LogP contribution in [0.15, 0.2) is 48.9 Å². The molecule has 1 N–H and O–H groups in total. The fourth-order valence-electron chi connectivity index (χ4n) is 2.00. The molecule has 0 atom stereocenters. The number of nitrogens with zero attached hydrogens (tertiary/aromatic N) is 3. The maximum Gasteiger partial charge on any atom is 0.347 e. The molecule has 0 radical (unpaired) electrons. The molecule has 0 aliphatic rings. The van der Waals surface area contributed by atoms with Crippen molar-refractivity contribution in [3.8, 4) is 0 Å². The Balaban J connectivity index is 1.77. The van der Waals surface area contributed by atoms with Gasteiger partial charge in [0.05, 0.1) is 6.20 Å². The van der Waals surface area contributed by atoms with Gasteiger partial charge in [-0.15, -0.1) is 11.3 Å². The van der Waals surface area contributed by atoms with Crippen LogP contribution in [0.2, 0.25) is 0 Å². The molecule has 0 saturated carbocycles. The van der Waals surface area contributed by atoms with Gasteiger partial charge in [-0.1, -0.05) is 30.3 Å². The number of imidazole rings is 1. The first-order valence-corrected chi connectivity index (χ1v) is 7.46. The molecule has 6 heteroatoms. The van der Waals surface area contributed by atoms with E-state index in [0.29, 0.717) is 5.01 Å². The van der Waals surface area contributed by atoms with Gasteiger partial charge < -0.3 is 9.67 Å². The molecule has 0 spiro atoms. The summed E-state index contributed by atoms with van der Waals surface area (Å²) in [6.45, 7) is 0.735. The van der Waals surface area contributed by atoms with Gasteiger partial charge in [-0.2, -0.15) is 0 Å². The van der Waals surface area contributed by atoms with Gasteiger partial charge in [-0.05, 0) is 17.7 Å². The second-order valence-electron chi connectivity index (χ2n) is 4.60. The van der Waals surface area contributed by atoms with Crippen LogP contribution in [0, 0.1) is 0 Å². The molecule has 2 heterocycles. The van der Waals surface area contributed by atoms with E-state index in [-0.39, 0.29) is 4.88 Å². The fourth-order valence-corrected chi connectivity index (χ4v) is 2.66. The Bertz CT molecular complexity index is 806. The second kappa shape index (κ2) is 6.36. The molecule has 5 nitrogen and oxygen atoms in total. The van der Waals surface area contributed by atoms with E-state index in [1.54, 1.807) is 12.3 Å². The quantitative estimate of drug-likeness (QED) is 0.785. The zero-order chi connectivity index (χ0) is 15.4. The molecule has 0 bridgehead atoms. The van der Waals surface area contributed by atoms with Gasteiger partial charge >= 0.3 is 5.97 Å². The number of aromatic nitrogens is 3. The number of hydrogen-bond donors (Lipinski definition) is 1. The standard InChI is InChI=1S/C16H13N3O2S/c20-16(21)13-10-18-15(22-13)7-6-14-17-8-9-19(14)11-12-4-2-1-3-5-12/h1-10H,11H2,(H,20,21). The lowest BCUT2D eigenvalue weighted by Crippen LogP contribution is -2.00. The van der Waals surface area contributed by atoms with Crippen LogP contribution in [0.3, 0.4) is 0 Å². The number of hydrogen-bond acceptors (Lipinski definition) is 4. The Kier molecular flexibility index (Phi) is 4.11. The third kappa shape index (κ3) is 3.29. The first-order chi connectivity index (χ1) is 10.7. The first kappa shape index (κ1) is 14.2. The highest BCUT2D eigenvalue weighted by atomic mass is 32.1. The molecule has 0 aliphatic heterocycles. The number of benzene rings is 1. The van der Waals surface area contributed by atoms with Crippen LogP contribution in [0.1, 0.15) is 26.1 Å². The van der Waals surface area contributed by atoms with Crippen LogP contribution >= 0.6 is 11.3 Å². The summed E-state index contributed by atoms with van der Waals surface area (Å²) < 4.78 is 2.03.